The second-order valence-corrected chi connectivity index (χ2v) is 3.75. The molecular formula is C8H10BrFN2. The molecule has 0 bridgehead atoms. The molecule has 0 spiro atoms. The Morgan fingerprint density at radius 2 is 1.92 bits per heavy atom. The normalized spacial score (nSPS) is 10.8. The van der Waals surface area contributed by atoms with Crippen LogP contribution < -0.4 is 0 Å². The van der Waals surface area contributed by atoms with Crippen LogP contribution in [0.4, 0.5) is 4.39 Å². The molecule has 0 aliphatic rings. The summed E-state index contributed by atoms with van der Waals surface area (Å²) in [5.74, 6) is -0.230. The molecule has 0 fully saturated rings. The van der Waals surface area contributed by atoms with E-state index < -0.39 is 0 Å². The van der Waals surface area contributed by atoms with Crippen LogP contribution in [0.15, 0.2) is 4.47 Å². The van der Waals surface area contributed by atoms with Gasteiger partial charge in [-0.05, 0) is 22.9 Å². The van der Waals surface area contributed by atoms with Gasteiger partial charge >= 0.3 is 0 Å². The molecule has 0 aliphatic carbocycles. The van der Waals surface area contributed by atoms with Gasteiger partial charge in [0.05, 0.1) is 10.2 Å². The molecule has 2 nitrogen and oxygen atoms in total. The van der Waals surface area contributed by atoms with Gasteiger partial charge in [0, 0.05) is 5.92 Å². The minimum absolute atomic E-state index is 0.0643. The van der Waals surface area contributed by atoms with Crippen LogP contribution in [-0.2, 0) is 0 Å². The van der Waals surface area contributed by atoms with Crippen molar-refractivity contribution in [2.75, 3.05) is 0 Å². The number of halogens is 2. The molecule has 0 saturated heterocycles. The molecule has 0 unspecified atom stereocenters. The van der Waals surface area contributed by atoms with E-state index in [0.717, 1.165) is 0 Å². The largest absolute Gasteiger partial charge is 0.204 e. The lowest BCUT2D eigenvalue weighted by atomic mass is 10.1. The molecule has 1 aromatic heterocycles. The second-order valence-electron chi connectivity index (χ2n) is 2.95. The van der Waals surface area contributed by atoms with E-state index in [1.807, 2.05) is 13.8 Å². The van der Waals surface area contributed by atoms with Crippen LogP contribution in [0.3, 0.4) is 0 Å². The fourth-order valence-corrected chi connectivity index (χ4v) is 1.14. The molecule has 66 valence electrons. The van der Waals surface area contributed by atoms with Crippen molar-refractivity contribution in [1.82, 2.24) is 10.2 Å². The van der Waals surface area contributed by atoms with Crippen LogP contribution >= 0.6 is 15.9 Å². The molecule has 4 heteroatoms. The lowest BCUT2D eigenvalue weighted by Gasteiger charge is -2.06. The Labute approximate surface area is 79.3 Å². The SMILES string of the molecule is Cc1nnc(C(C)C)c(F)c1Br. The third-order valence-electron chi connectivity index (χ3n) is 1.59. The van der Waals surface area contributed by atoms with Crippen molar-refractivity contribution >= 4 is 15.9 Å². The maximum atomic E-state index is 13.4. The van der Waals surface area contributed by atoms with Gasteiger partial charge in [-0.2, -0.15) is 10.2 Å². The third kappa shape index (κ3) is 1.63. The van der Waals surface area contributed by atoms with Gasteiger partial charge in [0.2, 0.25) is 0 Å². The quantitative estimate of drug-likeness (QED) is 0.745. The molecule has 0 aromatic carbocycles. The standard InChI is InChI=1S/C8H10BrFN2/c1-4(2)8-7(10)6(9)5(3)11-12-8/h4H,1-3H3. The molecule has 1 aromatic rings. The highest BCUT2D eigenvalue weighted by atomic mass is 79.9. The first-order valence-electron chi connectivity index (χ1n) is 3.72. The van der Waals surface area contributed by atoms with Crippen molar-refractivity contribution in [3.8, 4) is 0 Å². The predicted molar refractivity (Wildman–Crippen MR) is 48.5 cm³/mol. The zero-order valence-electron chi connectivity index (χ0n) is 7.23. The van der Waals surface area contributed by atoms with Crippen LogP contribution in [0.2, 0.25) is 0 Å². The molecule has 0 radical (unpaired) electrons. The van der Waals surface area contributed by atoms with E-state index in [1.165, 1.54) is 0 Å². The van der Waals surface area contributed by atoms with Gasteiger partial charge in [-0.1, -0.05) is 13.8 Å². The van der Waals surface area contributed by atoms with E-state index in [4.69, 9.17) is 0 Å². The van der Waals surface area contributed by atoms with Gasteiger partial charge in [-0.25, -0.2) is 4.39 Å². The molecule has 0 atom stereocenters. The predicted octanol–water partition coefficient (Wildman–Crippen LogP) is 2.81. The molecule has 0 N–H and O–H groups in total. The summed E-state index contributed by atoms with van der Waals surface area (Å²) in [5.41, 5.74) is 0.990. The molecule has 1 rings (SSSR count). The monoisotopic (exact) mass is 232 g/mol. The Morgan fingerprint density at radius 3 is 2.42 bits per heavy atom. The van der Waals surface area contributed by atoms with Crippen LogP contribution in [0.25, 0.3) is 0 Å². The minimum atomic E-state index is -0.294. The van der Waals surface area contributed by atoms with Crippen molar-refractivity contribution in [2.24, 2.45) is 0 Å². The lowest BCUT2D eigenvalue weighted by molar-refractivity contribution is 0.564. The number of hydrogen-bond donors (Lipinski definition) is 0. The average molecular weight is 233 g/mol. The topological polar surface area (TPSA) is 25.8 Å². The van der Waals surface area contributed by atoms with Crippen molar-refractivity contribution in [2.45, 2.75) is 26.7 Å². The average Bonchev–Trinajstić information content (AvgIpc) is 2.00. The lowest BCUT2D eigenvalue weighted by Crippen LogP contribution is -2.03. The number of nitrogens with zero attached hydrogens (tertiary/aromatic N) is 2. The first-order chi connectivity index (χ1) is 5.54. The smallest absolute Gasteiger partial charge is 0.162 e. The van der Waals surface area contributed by atoms with Gasteiger partial charge in [-0.3, -0.25) is 0 Å². The Hall–Kier alpha value is -0.510. The Morgan fingerprint density at radius 1 is 1.33 bits per heavy atom. The molecule has 0 saturated carbocycles. The number of hydrogen-bond acceptors (Lipinski definition) is 2. The maximum Gasteiger partial charge on any atom is 0.162 e. The summed E-state index contributed by atoms with van der Waals surface area (Å²) < 4.78 is 13.8. The molecule has 0 amide bonds. The summed E-state index contributed by atoms with van der Waals surface area (Å²) >= 11 is 3.12. The van der Waals surface area contributed by atoms with E-state index in [1.54, 1.807) is 6.92 Å². The Kier molecular flexibility index (Phi) is 2.77. The summed E-state index contributed by atoms with van der Waals surface area (Å²) in [6.45, 7) is 5.48. The van der Waals surface area contributed by atoms with E-state index in [2.05, 4.69) is 26.1 Å². The fraction of sp³-hybridized carbons (Fsp3) is 0.500. The number of rotatable bonds is 1. The summed E-state index contributed by atoms with van der Waals surface area (Å²) in [6, 6.07) is 0. The van der Waals surface area contributed by atoms with Gasteiger partial charge in [0.1, 0.15) is 5.69 Å². The molecular weight excluding hydrogens is 223 g/mol. The first kappa shape index (κ1) is 9.58. The summed E-state index contributed by atoms with van der Waals surface area (Å²) in [6.07, 6.45) is 0. The molecule has 12 heavy (non-hydrogen) atoms. The fourth-order valence-electron chi connectivity index (χ4n) is 0.857. The van der Waals surface area contributed by atoms with Crippen molar-refractivity contribution in [3.05, 3.63) is 21.7 Å². The highest BCUT2D eigenvalue weighted by Gasteiger charge is 2.14. The summed E-state index contributed by atoms with van der Waals surface area (Å²) in [4.78, 5) is 0. The van der Waals surface area contributed by atoms with Crippen LogP contribution in [0, 0.1) is 12.7 Å². The first-order valence-corrected chi connectivity index (χ1v) is 4.51. The zero-order valence-corrected chi connectivity index (χ0v) is 8.81. The Balaban J connectivity index is 3.27. The van der Waals surface area contributed by atoms with Crippen molar-refractivity contribution < 1.29 is 4.39 Å². The zero-order chi connectivity index (χ0) is 9.30. The van der Waals surface area contributed by atoms with Gasteiger partial charge < -0.3 is 0 Å². The highest BCUT2D eigenvalue weighted by molar-refractivity contribution is 9.10. The number of aryl methyl sites for hydroxylation is 1. The highest BCUT2D eigenvalue weighted by Crippen LogP contribution is 2.23. The van der Waals surface area contributed by atoms with Crippen LogP contribution in [0.5, 0.6) is 0 Å². The minimum Gasteiger partial charge on any atom is -0.204 e. The van der Waals surface area contributed by atoms with Crippen molar-refractivity contribution in [3.63, 3.8) is 0 Å². The summed E-state index contributed by atoms with van der Waals surface area (Å²) in [7, 11) is 0. The second kappa shape index (κ2) is 3.47. The third-order valence-corrected chi connectivity index (χ3v) is 2.51. The van der Waals surface area contributed by atoms with E-state index in [0.29, 0.717) is 15.9 Å². The summed E-state index contributed by atoms with van der Waals surface area (Å²) in [5, 5.41) is 7.61. The number of aromatic nitrogens is 2. The van der Waals surface area contributed by atoms with Crippen molar-refractivity contribution in [1.29, 1.82) is 0 Å². The molecule has 0 aliphatic heterocycles. The molecule has 1 heterocycles. The van der Waals surface area contributed by atoms with Gasteiger partial charge in [0.25, 0.3) is 0 Å². The maximum absolute atomic E-state index is 13.4. The Bertz CT molecular complexity index is 299. The van der Waals surface area contributed by atoms with E-state index in [9.17, 15) is 4.39 Å². The van der Waals surface area contributed by atoms with E-state index in [-0.39, 0.29) is 11.7 Å². The van der Waals surface area contributed by atoms with Crippen LogP contribution in [-0.4, -0.2) is 10.2 Å². The van der Waals surface area contributed by atoms with Gasteiger partial charge in [-0.15, -0.1) is 0 Å². The van der Waals surface area contributed by atoms with Crippen LogP contribution in [0.1, 0.15) is 31.2 Å². The van der Waals surface area contributed by atoms with E-state index >= 15 is 0 Å². The van der Waals surface area contributed by atoms with Gasteiger partial charge in [0.15, 0.2) is 5.82 Å².